The fourth-order valence-corrected chi connectivity index (χ4v) is 2.46. The number of rotatable bonds is 2. The van der Waals surface area contributed by atoms with E-state index in [-0.39, 0.29) is 23.8 Å². The Balaban J connectivity index is 2.03. The molecule has 0 spiro atoms. The second-order valence-electron chi connectivity index (χ2n) is 5.24. The molecule has 4 nitrogen and oxygen atoms in total. The minimum absolute atomic E-state index is 0.0687. The van der Waals surface area contributed by atoms with E-state index >= 15 is 0 Å². The van der Waals surface area contributed by atoms with E-state index in [1.165, 1.54) is 0 Å². The van der Waals surface area contributed by atoms with Gasteiger partial charge in [-0.3, -0.25) is 9.59 Å². The van der Waals surface area contributed by atoms with Gasteiger partial charge in [0.15, 0.2) is 0 Å². The first kappa shape index (κ1) is 11.4. The van der Waals surface area contributed by atoms with E-state index in [0.717, 1.165) is 25.8 Å². The third-order valence-electron chi connectivity index (χ3n) is 3.69. The van der Waals surface area contributed by atoms with Crippen LogP contribution in [0.3, 0.4) is 0 Å². The number of carbonyl (C=O) groups is 2. The molecule has 1 heterocycles. The third-order valence-corrected chi connectivity index (χ3v) is 3.69. The summed E-state index contributed by atoms with van der Waals surface area (Å²) in [6.07, 6.45) is 2.78. The minimum atomic E-state index is -0.199. The second kappa shape index (κ2) is 4.07. The van der Waals surface area contributed by atoms with Crippen LogP contribution < -0.4 is 0 Å². The number of likely N-dealkylation sites (N-methyl/N-ethyl adjacent to an activating group) is 1. The maximum absolute atomic E-state index is 12.1. The summed E-state index contributed by atoms with van der Waals surface area (Å²) in [4.78, 5) is 27.4. The molecule has 2 rings (SSSR count). The van der Waals surface area contributed by atoms with Gasteiger partial charge in [-0.15, -0.1) is 0 Å². The Kier molecular flexibility index (Phi) is 2.91. The Labute approximate surface area is 96.6 Å². The smallest absolute Gasteiger partial charge is 0.244 e. The third kappa shape index (κ3) is 1.93. The summed E-state index contributed by atoms with van der Waals surface area (Å²) < 4.78 is 0. The first-order chi connectivity index (χ1) is 7.52. The summed E-state index contributed by atoms with van der Waals surface area (Å²) in [6, 6.07) is -0.199. The van der Waals surface area contributed by atoms with Crippen LogP contribution in [0.25, 0.3) is 0 Å². The van der Waals surface area contributed by atoms with Gasteiger partial charge < -0.3 is 9.80 Å². The van der Waals surface area contributed by atoms with Gasteiger partial charge in [-0.25, -0.2) is 0 Å². The van der Waals surface area contributed by atoms with E-state index < -0.39 is 0 Å². The quantitative estimate of drug-likeness (QED) is 0.693. The Morgan fingerprint density at radius 1 is 1.31 bits per heavy atom. The highest BCUT2D eigenvalue weighted by Gasteiger charge is 2.45. The lowest BCUT2D eigenvalue weighted by Gasteiger charge is -2.26. The highest BCUT2D eigenvalue weighted by atomic mass is 16.2. The molecule has 1 saturated carbocycles. The van der Waals surface area contributed by atoms with E-state index in [1.807, 2.05) is 0 Å². The van der Waals surface area contributed by atoms with Gasteiger partial charge in [0.2, 0.25) is 11.8 Å². The van der Waals surface area contributed by atoms with Crippen molar-refractivity contribution >= 4 is 11.8 Å². The number of amides is 2. The maximum Gasteiger partial charge on any atom is 0.244 e. The minimum Gasteiger partial charge on any atom is -0.347 e. The molecule has 2 fully saturated rings. The molecular formula is C12H20N2O2. The van der Waals surface area contributed by atoms with Gasteiger partial charge >= 0.3 is 0 Å². The molecule has 0 aromatic carbocycles. The predicted octanol–water partition coefficient (Wildman–Crippen LogP) is 0.722. The zero-order valence-corrected chi connectivity index (χ0v) is 10.3. The average molecular weight is 224 g/mol. The molecule has 1 aliphatic carbocycles. The maximum atomic E-state index is 12.1. The van der Waals surface area contributed by atoms with Crippen molar-refractivity contribution in [3.63, 3.8) is 0 Å². The van der Waals surface area contributed by atoms with Crippen molar-refractivity contribution in [2.75, 3.05) is 20.6 Å². The molecule has 16 heavy (non-hydrogen) atoms. The van der Waals surface area contributed by atoms with Crippen LogP contribution in [0.5, 0.6) is 0 Å². The zero-order chi connectivity index (χ0) is 11.9. The molecule has 2 amide bonds. The molecule has 3 unspecified atom stereocenters. The molecule has 2 aliphatic rings. The van der Waals surface area contributed by atoms with Crippen molar-refractivity contribution in [3.05, 3.63) is 0 Å². The molecule has 1 aliphatic heterocycles. The van der Waals surface area contributed by atoms with Crippen molar-refractivity contribution in [2.24, 2.45) is 11.8 Å². The number of nitrogens with zero attached hydrogens (tertiary/aromatic N) is 2. The lowest BCUT2D eigenvalue weighted by atomic mass is 10.2. The molecule has 0 radical (unpaired) electrons. The average Bonchev–Trinajstić information content (AvgIpc) is 2.80. The molecule has 0 aromatic rings. The van der Waals surface area contributed by atoms with Crippen molar-refractivity contribution in [1.29, 1.82) is 0 Å². The highest BCUT2D eigenvalue weighted by Crippen LogP contribution is 2.40. The monoisotopic (exact) mass is 224 g/mol. The van der Waals surface area contributed by atoms with E-state index in [0.29, 0.717) is 5.92 Å². The number of likely N-dealkylation sites (tertiary alicyclic amines) is 1. The summed E-state index contributed by atoms with van der Waals surface area (Å²) in [5.41, 5.74) is 0. The van der Waals surface area contributed by atoms with E-state index in [2.05, 4.69) is 6.92 Å². The van der Waals surface area contributed by atoms with Crippen molar-refractivity contribution in [1.82, 2.24) is 9.80 Å². The van der Waals surface area contributed by atoms with Gasteiger partial charge in [0, 0.05) is 26.6 Å². The molecule has 1 saturated heterocycles. The van der Waals surface area contributed by atoms with E-state index in [4.69, 9.17) is 0 Å². The topological polar surface area (TPSA) is 40.6 Å². The van der Waals surface area contributed by atoms with Crippen LogP contribution in [0.1, 0.15) is 26.2 Å². The van der Waals surface area contributed by atoms with E-state index in [1.54, 1.807) is 23.9 Å². The summed E-state index contributed by atoms with van der Waals surface area (Å²) in [5.74, 6) is 0.975. The molecule has 0 bridgehead atoms. The summed E-state index contributed by atoms with van der Waals surface area (Å²) in [5, 5.41) is 0. The largest absolute Gasteiger partial charge is 0.347 e. The van der Waals surface area contributed by atoms with Crippen LogP contribution in [0, 0.1) is 11.8 Å². The van der Waals surface area contributed by atoms with Crippen LogP contribution in [0.4, 0.5) is 0 Å². The first-order valence-electron chi connectivity index (χ1n) is 6.04. The second-order valence-corrected chi connectivity index (χ2v) is 5.24. The van der Waals surface area contributed by atoms with Crippen LogP contribution in [0.15, 0.2) is 0 Å². The fourth-order valence-electron chi connectivity index (χ4n) is 2.46. The number of carbonyl (C=O) groups excluding carboxylic acids is 2. The summed E-state index contributed by atoms with van der Waals surface area (Å²) in [6.45, 7) is 2.85. The SMILES string of the molecule is CC1CC1C(=O)N1CCCC1C(=O)N(C)C. The molecule has 3 atom stereocenters. The number of hydrogen-bond acceptors (Lipinski definition) is 2. The van der Waals surface area contributed by atoms with Gasteiger partial charge in [0.05, 0.1) is 0 Å². The van der Waals surface area contributed by atoms with Gasteiger partial charge in [-0.2, -0.15) is 0 Å². The Hall–Kier alpha value is -1.06. The van der Waals surface area contributed by atoms with Crippen molar-refractivity contribution in [2.45, 2.75) is 32.2 Å². The fraction of sp³-hybridized carbons (Fsp3) is 0.833. The van der Waals surface area contributed by atoms with Gasteiger partial charge in [-0.05, 0) is 25.2 Å². The Morgan fingerprint density at radius 2 is 1.94 bits per heavy atom. The van der Waals surface area contributed by atoms with Crippen LogP contribution >= 0.6 is 0 Å². The Morgan fingerprint density at radius 3 is 2.44 bits per heavy atom. The summed E-state index contributed by atoms with van der Waals surface area (Å²) >= 11 is 0. The van der Waals surface area contributed by atoms with Crippen LogP contribution in [0.2, 0.25) is 0 Å². The molecular weight excluding hydrogens is 204 g/mol. The number of hydrogen-bond donors (Lipinski definition) is 0. The van der Waals surface area contributed by atoms with Gasteiger partial charge in [0.25, 0.3) is 0 Å². The van der Waals surface area contributed by atoms with Crippen LogP contribution in [-0.2, 0) is 9.59 Å². The Bertz CT molecular complexity index is 314. The normalized spacial score (nSPS) is 32.7. The lowest BCUT2D eigenvalue weighted by Crippen LogP contribution is -2.46. The van der Waals surface area contributed by atoms with Crippen LogP contribution in [-0.4, -0.2) is 48.3 Å². The van der Waals surface area contributed by atoms with E-state index in [9.17, 15) is 9.59 Å². The first-order valence-corrected chi connectivity index (χ1v) is 6.04. The molecule has 0 aromatic heterocycles. The van der Waals surface area contributed by atoms with Crippen molar-refractivity contribution < 1.29 is 9.59 Å². The molecule has 90 valence electrons. The van der Waals surface area contributed by atoms with Gasteiger partial charge in [0.1, 0.15) is 6.04 Å². The summed E-state index contributed by atoms with van der Waals surface area (Å²) in [7, 11) is 3.51. The highest BCUT2D eigenvalue weighted by molar-refractivity contribution is 5.90. The van der Waals surface area contributed by atoms with Gasteiger partial charge in [-0.1, -0.05) is 6.92 Å². The zero-order valence-electron chi connectivity index (χ0n) is 10.3. The predicted molar refractivity (Wildman–Crippen MR) is 60.7 cm³/mol. The lowest BCUT2D eigenvalue weighted by molar-refractivity contribution is -0.143. The standard InChI is InChI=1S/C12H20N2O2/c1-8-7-9(8)11(15)14-6-4-5-10(14)12(16)13(2)3/h8-10H,4-7H2,1-3H3. The van der Waals surface area contributed by atoms with Crippen molar-refractivity contribution in [3.8, 4) is 0 Å². The molecule has 4 heteroatoms. The molecule has 0 N–H and O–H groups in total.